The van der Waals surface area contributed by atoms with Crippen molar-refractivity contribution in [3.05, 3.63) is 63.7 Å². The molecule has 2 aromatic rings. The summed E-state index contributed by atoms with van der Waals surface area (Å²) < 4.78 is 11.0. The van der Waals surface area contributed by atoms with Crippen LogP contribution in [0.3, 0.4) is 0 Å². The number of aryl methyl sites for hydroxylation is 2. The lowest BCUT2D eigenvalue weighted by Gasteiger charge is -2.27. The van der Waals surface area contributed by atoms with Crippen molar-refractivity contribution in [1.82, 2.24) is 4.90 Å². The van der Waals surface area contributed by atoms with Gasteiger partial charge in [-0.1, -0.05) is 17.7 Å². The van der Waals surface area contributed by atoms with Crippen LogP contribution in [0.2, 0.25) is 5.02 Å². The molecule has 0 atom stereocenters. The van der Waals surface area contributed by atoms with Crippen molar-refractivity contribution in [3.63, 3.8) is 0 Å². The van der Waals surface area contributed by atoms with E-state index in [9.17, 15) is 4.79 Å². The molecule has 0 aliphatic carbocycles. The lowest BCUT2D eigenvalue weighted by Crippen LogP contribution is -2.35. The Kier molecular flexibility index (Phi) is 5.74. The molecule has 5 heteroatoms. The fourth-order valence-corrected chi connectivity index (χ4v) is 3.00. The number of nitrogens with zero attached hydrogens (tertiary/aromatic N) is 1. The minimum Gasteiger partial charge on any atom is -0.423 e. The van der Waals surface area contributed by atoms with Gasteiger partial charge in [-0.2, -0.15) is 0 Å². The summed E-state index contributed by atoms with van der Waals surface area (Å²) in [6.45, 7) is 8.38. The van der Waals surface area contributed by atoms with Crippen molar-refractivity contribution in [3.8, 4) is 5.75 Å². The number of benzene rings is 2. The summed E-state index contributed by atoms with van der Waals surface area (Å²) >= 11 is 5.86. The molecule has 1 aliphatic rings. The van der Waals surface area contributed by atoms with Crippen molar-refractivity contribution in [2.24, 2.45) is 0 Å². The van der Waals surface area contributed by atoms with E-state index in [1.165, 1.54) is 5.56 Å². The zero-order valence-electron chi connectivity index (χ0n) is 14.5. The molecule has 0 spiro atoms. The summed E-state index contributed by atoms with van der Waals surface area (Å²) in [5.74, 6) is 0.225. The quantitative estimate of drug-likeness (QED) is 0.610. The Morgan fingerprint density at radius 1 is 1.12 bits per heavy atom. The molecular formula is C20H22ClNO3. The van der Waals surface area contributed by atoms with Crippen LogP contribution in [0.5, 0.6) is 5.75 Å². The van der Waals surface area contributed by atoms with Gasteiger partial charge in [0.1, 0.15) is 5.75 Å². The number of hydrogen-bond donors (Lipinski definition) is 0. The summed E-state index contributed by atoms with van der Waals surface area (Å²) in [4.78, 5) is 14.7. The van der Waals surface area contributed by atoms with Crippen LogP contribution in [-0.4, -0.2) is 37.2 Å². The lowest BCUT2D eigenvalue weighted by molar-refractivity contribution is 0.0341. The highest BCUT2D eigenvalue weighted by Gasteiger charge is 2.15. The van der Waals surface area contributed by atoms with Gasteiger partial charge < -0.3 is 9.47 Å². The standard InChI is InChI=1S/C20H22ClNO3/c1-14-12-19(25-20(23)16-3-5-18(21)6-4-16)15(2)11-17(14)13-22-7-9-24-10-8-22/h3-6,11-12H,7-10,13H2,1-2H3. The molecule has 0 N–H and O–H groups in total. The highest BCUT2D eigenvalue weighted by atomic mass is 35.5. The van der Waals surface area contributed by atoms with Gasteiger partial charge in [-0.15, -0.1) is 0 Å². The van der Waals surface area contributed by atoms with Crippen molar-refractivity contribution >= 4 is 17.6 Å². The van der Waals surface area contributed by atoms with Crippen LogP contribution >= 0.6 is 11.6 Å². The maximum absolute atomic E-state index is 12.3. The molecule has 25 heavy (non-hydrogen) atoms. The zero-order chi connectivity index (χ0) is 17.8. The molecule has 1 aliphatic heterocycles. The second kappa shape index (κ2) is 8.00. The van der Waals surface area contributed by atoms with E-state index in [2.05, 4.69) is 17.9 Å². The maximum Gasteiger partial charge on any atom is 0.343 e. The molecule has 0 saturated carbocycles. The molecular weight excluding hydrogens is 338 g/mol. The van der Waals surface area contributed by atoms with Crippen LogP contribution in [0.25, 0.3) is 0 Å². The number of ether oxygens (including phenoxy) is 2. The van der Waals surface area contributed by atoms with E-state index < -0.39 is 0 Å². The fourth-order valence-electron chi connectivity index (χ4n) is 2.87. The number of halogens is 1. The number of carbonyl (C=O) groups excluding carboxylic acids is 1. The van der Waals surface area contributed by atoms with Gasteiger partial charge in [-0.25, -0.2) is 4.79 Å². The highest BCUT2D eigenvalue weighted by molar-refractivity contribution is 6.30. The molecule has 0 unspecified atom stereocenters. The van der Waals surface area contributed by atoms with Gasteiger partial charge in [0.25, 0.3) is 0 Å². The van der Waals surface area contributed by atoms with Crippen molar-refractivity contribution in [2.75, 3.05) is 26.3 Å². The third-order valence-electron chi connectivity index (χ3n) is 4.41. The summed E-state index contributed by atoms with van der Waals surface area (Å²) in [7, 11) is 0. The molecule has 3 rings (SSSR count). The first-order chi connectivity index (χ1) is 12.0. The predicted octanol–water partition coefficient (Wildman–Crippen LogP) is 4.01. The average Bonchev–Trinajstić information content (AvgIpc) is 2.60. The molecule has 1 fully saturated rings. The third-order valence-corrected chi connectivity index (χ3v) is 4.67. The van der Waals surface area contributed by atoms with Crippen LogP contribution in [0, 0.1) is 13.8 Å². The van der Waals surface area contributed by atoms with Crippen molar-refractivity contribution < 1.29 is 14.3 Å². The molecule has 0 bridgehead atoms. The number of esters is 1. The van der Waals surface area contributed by atoms with Gasteiger partial charge in [0.05, 0.1) is 18.8 Å². The molecule has 1 saturated heterocycles. The summed E-state index contributed by atoms with van der Waals surface area (Å²) in [6.07, 6.45) is 0. The fraction of sp³-hybridized carbons (Fsp3) is 0.350. The summed E-state index contributed by atoms with van der Waals surface area (Å²) in [5, 5.41) is 0.594. The number of rotatable bonds is 4. The molecule has 4 nitrogen and oxygen atoms in total. The molecule has 0 amide bonds. The molecule has 1 heterocycles. The minimum absolute atomic E-state index is 0.375. The highest BCUT2D eigenvalue weighted by Crippen LogP contribution is 2.25. The van der Waals surface area contributed by atoms with Gasteiger partial charge in [-0.3, -0.25) is 4.90 Å². The van der Waals surface area contributed by atoms with E-state index in [1.807, 2.05) is 13.0 Å². The third kappa shape index (κ3) is 4.60. The number of morpholine rings is 1. The van der Waals surface area contributed by atoms with Gasteiger partial charge in [0.15, 0.2) is 0 Å². The van der Waals surface area contributed by atoms with E-state index in [-0.39, 0.29) is 5.97 Å². The molecule has 132 valence electrons. The molecule has 0 radical (unpaired) electrons. The minimum atomic E-state index is -0.375. The normalized spacial score (nSPS) is 15.2. The monoisotopic (exact) mass is 359 g/mol. The summed E-state index contributed by atoms with van der Waals surface area (Å²) in [6, 6.07) is 10.7. The van der Waals surface area contributed by atoms with Crippen LogP contribution in [-0.2, 0) is 11.3 Å². The van der Waals surface area contributed by atoms with Crippen molar-refractivity contribution in [1.29, 1.82) is 0 Å². The van der Waals surface area contributed by atoms with Gasteiger partial charge in [-0.05, 0) is 60.9 Å². The Morgan fingerprint density at radius 3 is 2.48 bits per heavy atom. The van der Waals surface area contributed by atoms with Gasteiger partial charge in [0, 0.05) is 24.7 Å². The Balaban J connectivity index is 1.72. The Bertz CT molecular complexity index is 752. The van der Waals surface area contributed by atoms with Gasteiger partial charge >= 0.3 is 5.97 Å². The Morgan fingerprint density at radius 2 is 1.80 bits per heavy atom. The molecule has 0 aromatic heterocycles. The topological polar surface area (TPSA) is 38.8 Å². The first-order valence-electron chi connectivity index (χ1n) is 8.41. The SMILES string of the molecule is Cc1cc(OC(=O)c2ccc(Cl)cc2)c(C)cc1CN1CCOCC1. The average molecular weight is 360 g/mol. The smallest absolute Gasteiger partial charge is 0.343 e. The first-order valence-corrected chi connectivity index (χ1v) is 8.78. The van der Waals surface area contributed by atoms with E-state index >= 15 is 0 Å². The maximum atomic E-state index is 12.3. The van der Waals surface area contributed by atoms with E-state index in [0.717, 1.165) is 44.0 Å². The van der Waals surface area contributed by atoms with Crippen molar-refractivity contribution in [2.45, 2.75) is 20.4 Å². The summed E-state index contributed by atoms with van der Waals surface area (Å²) in [5.41, 5.74) is 3.82. The first kappa shape index (κ1) is 17.9. The zero-order valence-corrected chi connectivity index (χ0v) is 15.3. The predicted molar refractivity (Wildman–Crippen MR) is 98.4 cm³/mol. The number of hydrogen-bond acceptors (Lipinski definition) is 4. The lowest BCUT2D eigenvalue weighted by atomic mass is 10.0. The second-order valence-electron chi connectivity index (χ2n) is 6.33. The largest absolute Gasteiger partial charge is 0.423 e. The van der Waals surface area contributed by atoms with Gasteiger partial charge in [0.2, 0.25) is 0 Å². The van der Waals surface area contributed by atoms with Crippen LogP contribution in [0.1, 0.15) is 27.0 Å². The van der Waals surface area contributed by atoms with Crippen LogP contribution < -0.4 is 4.74 Å². The Hall–Kier alpha value is -1.88. The second-order valence-corrected chi connectivity index (χ2v) is 6.77. The Labute approximate surface area is 153 Å². The van der Waals surface area contributed by atoms with E-state index in [1.54, 1.807) is 24.3 Å². The number of carbonyl (C=O) groups is 1. The van der Waals surface area contributed by atoms with Crippen LogP contribution in [0.4, 0.5) is 0 Å². The van der Waals surface area contributed by atoms with E-state index in [0.29, 0.717) is 16.3 Å². The van der Waals surface area contributed by atoms with E-state index in [4.69, 9.17) is 21.1 Å². The van der Waals surface area contributed by atoms with Crippen LogP contribution in [0.15, 0.2) is 36.4 Å². The molecule has 2 aromatic carbocycles.